The van der Waals surface area contributed by atoms with Crippen LogP contribution in [0.25, 0.3) is 11.6 Å². The van der Waals surface area contributed by atoms with Crippen LogP contribution in [0.1, 0.15) is 29.7 Å². The highest BCUT2D eigenvalue weighted by Gasteiger charge is 2.61. The summed E-state index contributed by atoms with van der Waals surface area (Å²) in [4.78, 5) is 6.62. The summed E-state index contributed by atoms with van der Waals surface area (Å²) in [5, 5.41) is 9.44. The van der Waals surface area contributed by atoms with Gasteiger partial charge in [0.2, 0.25) is 5.82 Å². The number of benzene rings is 1. The minimum atomic E-state index is -0.0324. The molecule has 1 aromatic carbocycles. The Morgan fingerprint density at radius 3 is 2.87 bits per heavy atom. The minimum absolute atomic E-state index is 0. The van der Waals surface area contributed by atoms with Crippen LogP contribution < -0.4 is 0 Å². The van der Waals surface area contributed by atoms with Crippen molar-refractivity contribution >= 4 is 24.2 Å². The molecule has 9 heteroatoms. The van der Waals surface area contributed by atoms with Gasteiger partial charge in [0.05, 0.1) is 5.69 Å². The predicted molar refractivity (Wildman–Crippen MR) is 121 cm³/mol. The first kappa shape index (κ1) is 22.3. The highest BCUT2D eigenvalue weighted by atomic mass is 35.5. The maximum absolute atomic E-state index is 14.5. The summed E-state index contributed by atoms with van der Waals surface area (Å²) in [6.07, 6.45) is 3.62. The third-order valence-corrected chi connectivity index (χ3v) is 7.62. The molecule has 1 saturated heterocycles. The Hall–Kier alpha value is -1.90. The normalized spacial score (nSPS) is 22.4. The lowest BCUT2D eigenvalue weighted by molar-refractivity contribution is 0.298. The molecule has 1 saturated carbocycles. The highest BCUT2D eigenvalue weighted by Crippen LogP contribution is 2.59. The second-order valence-corrected chi connectivity index (χ2v) is 9.67. The van der Waals surface area contributed by atoms with Crippen molar-refractivity contribution in [1.29, 1.82) is 0 Å². The smallest absolute Gasteiger partial charge is 0.202 e. The van der Waals surface area contributed by atoms with Crippen LogP contribution in [0.3, 0.4) is 0 Å². The summed E-state index contributed by atoms with van der Waals surface area (Å²) < 4.78 is 21.9. The number of fused-ring (bicyclic) bond motifs is 1. The van der Waals surface area contributed by atoms with Crippen LogP contribution in [0.4, 0.5) is 4.39 Å². The van der Waals surface area contributed by atoms with Gasteiger partial charge in [0.15, 0.2) is 17.3 Å². The van der Waals surface area contributed by atoms with Crippen molar-refractivity contribution in [2.45, 2.75) is 37.3 Å². The molecule has 5 rings (SSSR count). The van der Waals surface area contributed by atoms with Crippen LogP contribution in [0.5, 0.6) is 0 Å². The van der Waals surface area contributed by atoms with Crippen molar-refractivity contribution in [2.75, 3.05) is 25.4 Å². The number of hydrogen-bond acceptors (Lipinski definition) is 6. The Balaban J connectivity index is 0.00000231. The molecule has 6 nitrogen and oxygen atoms in total. The van der Waals surface area contributed by atoms with E-state index >= 15 is 0 Å². The van der Waals surface area contributed by atoms with Gasteiger partial charge in [-0.05, 0) is 56.3 Å². The van der Waals surface area contributed by atoms with Crippen molar-refractivity contribution in [2.24, 2.45) is 13.0 Å². The summed E-state index contributed by atoms with van der Waals surface area (Å²) >= 11 is 1.71. The van der Waals surface area contributed by atoms with Gasteiger partial charge in [-0.3, -0.25) is 0 Å². The summed E-state index contributed by atoms with van der Waals surface area (Å²) in [5.74, 6) is 2.91. The standard InChI is InChI=1S/C22H26FN5OS.ClH/c1-14-5-6-17(18(23)9-14)22-10-16(22)11-28(12-22)7-4-8-30-21-26-25-20(27(21)3)19-15(2)24-13-29-19;/h5-6,9,13,16H,4,7-8,10-12H2,1-3H3;1H. The molecule has 0 N–H and O–H groups in total. The van der Waals surface area contributed by atoms with E-state index in [1.807, 2.05) is 37.6 Å². The summed E-state index contributed by atoms with van der Waals surface area (Å²) in [6, 6.07) is 5.72. The molecule has 0 radical (unpaired) electrons. The van der Waals surface area contributed by atoms with Gasteiger partial charge in [-0.25, -0.2) is 9.37 Å². The zero-order valence-corrected chi connectivity index (χ0v) is 19.6. The molecule has 1 aliphatic carbocycles. The monoisotopic (exact) mass is 463 g/mol. The molecule has 1 aliphatic heterocycles. The SMILES string of the molecule is Cc1ccc(C23CC2CN(CCCSc2nnc(-c4ocnc4C)n2C)C3)c(F)c1.Cl. The van der Waals surface area contributed by atoms with E-state index in [2.05, 4.69) is 20.1 Å². The van der Waals surface area contributed by atoms with E-state index < -0.39 is 0 Å². The fourth-order valence-electron chi connectivity index (χ4n) is 4.80. The second kappa shape index (κ2) is 8.56. The number of thioether (sulfide) groups is 1. The number of nitrogens with zero attached hydrogens (tertiary/aromatic N) is 5. The molecule has 3 aromatic rings. The van der Waals surface area contributed by atoms with Crippen molar-refractivity contribution in [3.05, 3.63) is 47.2 Å². The van der Waals surface area contributed by atoms with E-state index in [1.54, 1.807) is 17.8 Å². The topological polar surface area (TPSA) is 60.0 Å². The first-order valence-corrected chi connectivity index (χ1v) is 11.4. The lowest BCUT2D eigenvalue weighted by atomic mass is 9.93. The van der Waals surface area contributed by atoms with Gasteiger partial charge in [-0.2, -0.15) is 0 Å². The van der Waals surface area contributed by atoms with Crippen LogP contribution >= 0.6 is 24.2 Å². The average molecular weight is 464 g/mol. The molecule has 2 aliphatic rings. The van der Waals surface area contributed by atoms with Crippen molar-refractivity contribution in [3.63, 3.8) is 0 Å². The van der Waals surface area contributed by atoms with Crippen molar-refractivity contribution in [3.8, 4) is 11.6 Å². The molecule has 31 heavy (non-hydrogen) atoms. The highest BCUT2D eigenvalue weighted by molar-refractivity contribution is 7.99. The molecule has 2 atom stereocenters. The van der Waals surface area contributed by atoms with Crippen LogP contribution in [-0.2, 0) is 12.5 Å². The molecule has 166 valence electrons. The number of rotatable bonds is 7. The number of aromatic nitrogens is 4. The number of aryl methyl sites for hydroxylation is 2. The Morgan fingerprint density at radius 2 is 2.13 bits per heavy atom. The van der Waals surface area contributed by atoms with E-state index in [0.29, 0.717) is 17.5 Å². The first-order chi connectivity index (χ1) is 14.5. The maximum atomic E-state index is 14.5. The molecule has 3 heterocycles. The largest absolute Gasteiger partial charge is 0.440 e. The third kappa shape index (κ3) is 4.01. The molecule has 0 amide bonds. The fraction of sp³-hybridized carbons (Fsp3) is 0.500. The predicted octanol–water partition coefficient (Wildman–Crippen LogP) is 4.40. The van der Waals surface area contributed by atoms with Gasteiger partial charge in [0, 0.05) is 31.3 Å². The maximum Gasteiger partial charge on any atom is 0.202 e. The summed E-state index contributed by atoms with van der Waals surface area (Å²) in [6.45, 7) is 6.93. The van der Waals surface area contributed by atoms with E-state index in [-0.39, 0.29) is 23.6 Å². The fourth-order valence-corrected chi connectivity index (χ4v) is 5.64. The Morgan fingerprint density at radius 1 is 1.29 bits per heavy atom. The number of hydrogen-bond donors (Lipinski definition) is 0. The van der Waals surface area contributed by atoms with Gasteiger partial charge >= 0.3 is 0 Å². The molecule has 0 bridgehead atoms. The molecular formula is C22H27ClFN5OS. The van der Waals surface area contributed by atoms with E-state index in [0.717, 1.165) is 60.2 Å². The van der Waals surface area contributed by atoms with Gasteiger partial charge in [0.1, 0.15) is 5.82 Å². The Bertz CT molecular complexity index is 1090. The van der Waals surface area contributed by atoms with Crippen LogP contribution in [0.15, 0.2) is 34.2 Å². The molecule has 2 unspecified atom stereocenters. The minimum Gasteiger partial charge on any atom is -0.440 e. The number of halogens is 2. The zero-order chi connectivity index (χ0) is 20.9. The first-order valence-electron chi connectivity index (χ1n) is 10.4. The second-order valence-electron chi connectivity index (χ2n) is 8.61. The number of oxazole rings is 1. The van der Waals surface area contributed by atoms with Gasteiger partial charge in [-0.1, -0.05) is 23.9 Å². The van der Waals surface area contributed by atoms with Crippen molar-refractivity contribution < 1.29 is 8.81 Å². The lowest BCUT2D eigenvalue weighted by Crippen LogP contribution is -2.28. The molecule has 0 spiro atoms. The van der Waals surface area contributed by atoms with Gasteiger partial charge in [-0.15, -0.1) is 22.6 Å². The Labute approximate surface area is 192 Å². The van der Waals surface area contributed by atoms with Crippen LogP contribution in [-0.4, -0.2) is 50.0 Å². The number of piperidine rings is 1. The molecular weight excluding hydrogens is 437 g/mol. The van der Waals surface area contributed by atoms with Crippen LogP contribution in [0, 0.1) is 25.6 Å². The van der Waals surface area contributed by atoms with Crippen LogP contribution in [0.2, 0.25) is 0 Å². The zero-order valence-electron chi connectivity index (χ0n) is 18.0. The van der Waals surface area contributed by atoms with E-state index in [4.69, 9.17) is 4.42 Å². The van der Waals surface area contributed by atoms with Gasteiger partial charge in [0.25, 0.3) is 0 Å². The number of likely N-dealkylation sites (tertiary alicyclic amines) is 1. The Kier molecular flexibility index (Phi) is 6.16. The average Bonchev–Trinajstić information content (AvgIpc) is 3.02. The summed E-state index contributed by atoms with van der Waals surface area (Å²) in [7, 11) is 1.95. The lowest BCUT2D eigenvalue weighted by Gasteiger charge is -2.21. The van der Waals surface area contributed by atoms with E-state index in [9.17, 15) is 4.39 Å². The van der Waals surface area contributed by atoms with Gasteiger partial charge < -0.3 is 13.9 Å². The summed E-state index contributed by atoms with van der Waals surface area (Å²) in [5.41, 5.74) is 2.78. The molecule has 2 aromatic heterocycles. The quantitative estimate of drug-likeness (QED) is 0.382. The third-order valence-electron chi connectivity index (χ3n) is 6.51. The van der Waals surface area contributed by atoms with Crippen molar-refractivity contribution in [1.82, 2.24) is 24.6 Å². The van der Waals surface area contributed by atoms with E-state index in [1.165, 1.54) is 6.39 Å². The molecule has 2 fully saturated rings.